The average Bonchev–Trinajstić information content (AvgIpc) is 3.05. The van der Waals surface area contributed by atoms with Crippen molar-refractivity contribution in [3.05, 3.63) is 53.1 Å². The molecule has 3 rings (SSSR count). The minimum Gasteiger partial charge on any atom is -0.458 e. The number of ether oxygens (including phenoxy) is 1. The highest BCUT2D eigenvalue weighted by atomic mass is 35.5. The summed E-state index contributed by atoms with van der Waals surface area (Å²) in [5.74, 6) is -0.517. The zero-order valence-electron chi connectivity index (χ0n) is 12.8. The van der Waals surface area contributed by atoms with Crippen LogP contribution in [0.1, 0.15) is 12.0 Å². The van der Waals surface area contributed by atoms with E-state index in [4.69, 9.17) is 16.3 Å². The molecule has 1 aromatic heterocycles. The molecule has 1 aromatic carbocycles. The first-order valence-corrected chi connectivity index (χ1v) is 7.89. The van der Waals surface area contributed by atoms with Crippen molar-refractivity contribution in [1.29, 1.82) is 0 Å². The summed E-state index contributed by atoms with van der Waals surface area (Å²) in [6, 6.07) is 7.26. The Morgan fingerprint density at radius 3 is 2.75 bits per heavy atom. The Kier molecular flexibility index (Phi) is 5.10. The minimum atomic E-state index is -0.517. The third kappa shape index (κ3) is 4.32. The van der Waals surface area contributed by atoms with Gasteiger partial charge in [-0.25, -0.2) is 19.2 Å². The van der Waals surface area contributed by atoms with Crippen LogP contribution in [0.15, 0.2) is 36.7 Å². The van der Waals surface area contributed by atoms with Crippen LogP contribution in [0.5, 0.6) is 6.01 Å². The Hall–Kier alpha value is -2.41. The van der Waals surface area contributed by atoms with E-state index >= 15 is 0 Å². The molecule has 2 aromatic rings. The van der Waals surface area contributed by atoms with E-state index in [1.165, 1.54) is 0 Å². The summed E-state index contributed by atoms with van der Waals surface area (Å²) >= 11 is 5.83. The quantitative estimate of drug-likeness (QED) is 0.920. The van der Waals surface area contributed by atoms with Crippen molar-refractivity contribution in [3.63, 3.8) is 0 Å². The first kappa shape index (κ1) is 16.4. The van der Waals surface area contributed by atoms with E-state index in [1.54, 1.807) is 17.0 Å². The molecule has 2 heterocycles. The maximum absolute atomic E-state index is 12.8. The number of hydrogen-bond acceptors (Lipinski definition) is 4. The van der Waals surface area contributed by atoms with Crippen molar-refractivity contribution in [2.45, 2.75) is 19.1 Å². The van der Waals surface area contributed by atoms with Crippen LogP contribution in [-0.2, 0) is 6.54 Å². The first-order valence-electron chi connectivity index (χ1n) is 7.51. The van der Waals surface area contributed by atoms with Crippen molar-refractivity contribution in [1.82, 2.24) is 20.2 Å². The summed E-state index contributed by atoms with van der Waals surface area (Å²) in [6.45, 7) is 1.45. The lowest BCUT2D eigenvalue weighted by Gasteiger charge is -2.17. The number of amides is 2. The Labute approximate surface area is 143 Å². The van der Waals surface area contributed by atoms with Gasteiger partial charge in [-0.2, -0.15) is 0 Å². The fourth-order valence-electron chi connectivity index (χ4n) is 2.41. The Bertz CT molecular complexity index is 696. The smallest absolute Gasteiger partial charge is 0.317 e. The van der Waals surface area contributed by atoms with Gasteiger partial charge in [0, 0.05) is 24.5 Å². The Balaban J connectivity index is 1.46. The monoisotopic (exact) mass is 350 g/mol. The summed E-state index contributed by atoms with van der Waals surface area (Å²) in [5.41, 5.74) is 0.972. The molecular formula is C16H16ClFN4O2. The maximum Gasteiger partial charge on any atom is 0.317 e. The van der Waals surface area contributed by atoms with Crippen molar-refractivity contribution >= 4 is 17.6 Å². The molecule has 1 fully saturated rings. The first-order chi connectivity index (χ1) is 11.6. The molecule has 1 N–H and O–H groups in total. The molecule has 0 aliphatic carbocycles. The van der Waals surface area contributed by atoms with E-state index in [0.29, 0.717) is 31.1 Å². The van der Waals surface area contributed by atoms with Crippen molar-refractivity contribution in [2.75, 3.05) is 13.1 Å². The number of nitrogens with zero attached hydrogens (tertiary/aromatic N) is 3. The third-order valence-electron chi connectivity index (χ3n) is 3.66. The molecule has 0 bridgehead atoms. The summed E-state index contributed by atoms with van der Waals surface area (Å²) in [6.07, 6.45) is 2.58. The van der Waals surface area contributed by atoms with Gasteiger partial charge in [0.2, 0.25) is 0 Å². The molecule has 1 atom stereocenters. The normalized spacial score (nSPS) is 16.9. The van der Waals surface area contributed by atoms with Crippen molar-refractivity contribution in [3.8, 4) is 6.01 Å². The van der Waals surface area contributed by atoms with Crippen molar-refractivity contribution < 1.29 is 13.9 Å². The van der Waals surface area contributed by atoms with Gasteiger partial charge in [0.1, 0.15) is 6.10 Å². The van der Waals surface area contributed by atoms with Crippen LogP contribution < -0.4 is 10.1 Å². The maximum atomic E-state index is 12.8. The van der Waals surface area contributed by atoms with E-state index in [9.17, 15) is 9.18 Å². The second-order valence-electron chi connectivity index (χ2n) is 5.44. The number of rotatable bonds is 4. The fraction of sp³-hybridized carbons (Fsp3) is 0.312. The van der Waals surface area contributed by atoms with Gasteiger partial charge in [-0.1, -0.05) is 23.7 Å². The Morgan fingerprint density at radius 1 is 1.33 bits per heavy atom. The predicted molar refractivity (Wildman–Crippen MR) is 86.3 cm³/mol. The second-order valence-corrected chi connectivity index (χ2v) is 5.88. The third-order valence-corrected chi connectivity index (χ3v) is 3.91. The van der Waals surface area contributed by atoms with Gasteiger partial charge in [-0.05, 0) is 17.7 Å². The number of likely N-dealkylation sites (tertiary alicyclic amines) is 1. The number of carbonyl (C=O) groups is 1. The molecule has 2 amide bonds. The zero-order valence-corrected chi connectivity index (χ0v) is 13.5. The van der Waals surface area contributed by atoms with Gasteiger partial charge < -0.3 is 15.0 Å². The molecular weight excluding hydrogens is 335 g/mol. The van der Waals surface area contributed by atoms with Crippen LogP contribution in [0.3, 0.4) is 0 Å². The van der Waals surface area contributed by atoms with Gasteiger partial charge in [-0.3, -0.25) is 0 Å². The highest BCUT2D eigenvalue weighted by Crippen LogP contribution is 2.15. The number of aromatic nitrogens is 2. The molecule has 8 heteroatoms. The molecule has 0 unspecified atom stereocenters. The van der Waals surface area contributed by atoms with E-state index in [1.807, 2.05) is 12.1 Å². The van der Waals surface area contributed by atoms with Crippen LogP contribution in [0.25, 0.3) is 0 Å². The lowest BCUT2D eigenvalue weighted by atomic mass is 10.2. The van der Waals surface area contributed by atoms with E-state index in [2.05, 4.69) is 15.3 Å². The van der Waals surface area contributed by atoms with Gasteiger partial charge >= 0.3 is 12.0 Å². The summed E-state index contributed by atoms with van der Waals surface area (Å²) < 4.78 is 18.3. The molecule has 1 aliphatic rings. The van der Waals surface area contributed by atoms with Crippen LogP contribution in [0.2, 0.25) is 5.02 Å². The summed E-state index contributed by atoms with van der Waals surface area (Å²) in [4.78, 5) is 21.4. The SMILES string of the molecule is O=C(NCc1ccc(Cl)cc1)N1CC[C@@H](Oc2ncc(F)cn2)C1. The van der Waals surface area contributed by atoms with Gasteiger partial charge in [-0.15, -0.1) is 0 Å². The van der Waals surface area contributed by atoms with E-state index in [0.717, 1.165) is 18.0 Å². The number of nitrogens with one attached hydrogen (secondary N) is 1. The standard InChI is InChI=1S/C16H16ClFN4O2/c17-12-3-1-11(2-4-12)7-21-16(23)22-6-5-14(10-22)24-15-19-8-13(18)9-20-15/h1-4,8-9,14H,5-7,10H2,(H,21,23)/t14-/m1/s1. The topological polar surface area (TPSA) is 67.4 Å². The van der Waals surface area contributed by atoms with E-state index < -0.39 is 5.82 Å². The Morgan fingerprint density at radius 2 is 2.04 bits per heavy atom. The number of benzene rings is 1. The summed E-state index contributed by atoms with van der Waals surface area (Å²) in [7, 11) is 0. The lowest BCUT2D eigenvalue weighted by molar-refractivity contribution is 0.177. The highest BCUT2D eigenvalue weighted by Gasteiger charge is 2.28. The number of halogens is 2. The van der Waals surface area contributed by atoms with E-state index in [-0.39, 0.29) is 18.1 Å². The molecule has 1 saturated heterocycles. The zero-order chi connectivity index (χ0) is 16.9. The van der Waals surface area contributed by atoms with Crippen molar-refractivity contribution in [2.24, 2.45) is 0 Å². The highest BCUT2D eigenvalue weighted by molar-refractivity contribution is 6.30. The van der Waals surface area contributed by atoms with Crippen LogP contribution in [0.4, 0.5) is 9.18 Å². The number of urea groups is 1. The fourth-order valence-corrected chi connectivity index (χ4v) is 2.54. The summed E-state index contributed by atoms with van der Waals surface area (Å²) in [5, 5.41) is 3.52. The van der Waals surface area contributed by atoms with Crippen LogP contribution in [-0.4, -0.2) is 40.1 Å². The van der Waals surface area contributed by atoms with Crippen LogP contribution >= 0.6 is 11.6 Å². The number of hydrogen-bond donors (Lipinski definition) is 1. The predicted octanol–water partition coefficient (Wildman–Crippen LogP) is 2.63. The average molecular weight is 351 g/mol. The van der Waals surface area contributed by atoms with Crippen LogP contribution in [0, 0.1) is 5.82 Å². The lowest BCUT2D eigenvalue weighted by Crippen LogP contribution is -2.39. The largest absolute Gasteiger partial charge is 0.458 e. The molecule has 0 radical (unpaired) electrons. The molecule has 0 saturated carbocycles. The molecule has 6 nitrogen and oxygen atoms in total. The molecule has 1 aliphatic heterocycles. The molecule has 126 valence electrons. The number of carbonyl (C=O) groups excluding carboxylic acids is 1. The minimum absolute atomic E-state index is 0.116. The van der Waals surface area contributed by atoms with Gasteiger partial charge in [0.15, 0.2) is 5.82 Å². The van der Waals surface area contributed by atoms with Gasteiger partial charge in [0.05, 0.1) is 18.9 Å². The molecule has 0 spiro atoms. The van der Waals surface area contributed by atoms with Gasteiger partial charge in [0.25, 0.3) is 0 Å². The second kappa shape index (κ2) is 7.44. The molecule has 24 heavy (non-hydrogen) atoms.